The molecule has 2 nitrogen and oxygen atoms in total. The van der Waals surface area contributed by atoms with Gasteiger partial charge in [0.25, 0.3) is 0 Å². The minimum atomic E-state index is -3.99. The minimum Gasteiger partial charge on any atom is -0.328 e. The van der Waals surface area contributed by atoms with Crippen LogP contribution < -0.4 is 5.73 Å². The van der Waals surface area contributed by atoms with Crippen molar-refractivity contribution in [2.75, 3.05) is 0 Å². The van der Waals surface area contributed by atoms with E-state index >= 15 is 0 Å². The van der Waals surface area contributed by atoms with Crippen molar-refractivity contribution in [2.45, 2.75) is 81.7 Å². The predicted molar refractivity (Wildman–Crippen MR) is 67.7 cm³/mol. The molecule has 0 spiro atoms. The van der Waals surface area contributed by atoms with E-state index in [9.17, 15) is 13.2 Å². The van der Waals surface area contributed by atoms with Gasteiger partial charge in [0.1, 0.15) is 0 Å². The fourth-order valence-corrected chi connectivity index (χ4v) is 4.55. The summed E-state index contributed by atoms with van der Waals surface area (Å²) in [6.45, 7) is 0. The highest BCUT2D eigenvalue weighted by atomic mass is 19.4. The second-order valence-corrected chi connectivity index (χ2v) is 6.61. The van der Waals surface area contributed by atoms with Crippen LogP contribution in [0.5, 0.6) is 0 Å². The van der Waals surface area contributed by atoms with Crippen molar-refractivity contribution in [1.29, 1.82) is 0 Å². The Hall–Kier alpha value is -0.290. The molecule has 2 N–H and O–H groups in total. The Balaban J connectivity index is 1.60. The second kappa shape index (κ2) is 4.92. The molecule has 0 aromatic rings. The van der Waals surface area contributed by atoms with Gasteiger partial charge in [-0.3, -0.25) is 4.90 Å². The molecule has 0 aromatic carbocycles. The van der Waals surface area contributed by atoms with Crippen molar-refractivity contribution in [1.82, 2.24) is 4.90 Å². The largest absolute Gasteiger partial charge is 0.391 e. The minimum absolute atomic E-state index is 0.306. The lowest BCUT2D eigenvalue weighted by molar-refractivity contribution is -0.185. The molecule has 2 unspecified atom stereocenters. The summed E-state index contributed by atoms with van der Waals surface area (Å²) in [5, 5.41) is 0. The van der Waals surface area contributed by atoms with Crippen molar-refractivity contribution < 1.29 is 13.2 Å². The smallest absolute Gasteiger partial charge is 0.328 e. The van der Waals surface area contributed by atoms with E-state index in [4.69, 9.17) is 5.73 Å². The Morgan fingerprint density at radius 3 is 1.74 bits per heavy atom. The summed E-state index contributed by atoms with van der Waals surface area (Å²) in [6, 6.07) is 1.77. The first-order valence-corrected chi connectivity index (χ1v) is 7.55. The third-order valence-electron chi connectivity index (χ3n) is 5.41. The van der Waals surface area contributed by atoms with E-state index < -0.39 is 12.1 Å². The van der Waals surface area contributed by atoms with Crippen LogP contribution in [0.1, 0.15) is 51.4 Å². The molecule has 2 atom stereocenters. The molecule has 3 rings (SSSR count). The zero-order valence-corrected chi connectivity index (χ0v) is 11.2. The highest BCUT2D eigenvalue weighted by molar-refractivity contribution is 5.00. The number of halogens is 3. The first kappa shape index (κ1) is 13.7. The molecule has 0 aromatic heterocycles. The van der Waals surface area contributed by atoms with Gasteiger partial charge < -0.3 is 5.73 Å². The molecule has 2 bridgehead atoms. The topological polar surface area (TPSA) is 29.3 Å². The van der Waals surface area contributed by atoms with E-state index in [2.05, 4.69) is 4.90 Å². The van der Waals surface area contributed by atoms with Gasteiger partial charge in [0.15, 0.2) is 0 Å². The third kappa shape index (κ3) is 2.64. The van der Waals surface area contributed by atoms with Crippen LogP contribution in [-0.4, -0.2) is 35.2 Å². The van der Waals surface area contributed by atoms with Gasteiger partial charge in [0.05, 0.1) is 5.92 Å². The van der Waals surface area contributed by atoms with Crippen LogP contribution >= 0.6 is 0 Å². The lowest BCUT2D eigenvalue weighted by Crippen LogP contribution is -2.53. The predicted octanol–water partition coefficient (Wildman–Crippen LogP) is 3.06. The number of hydrogen-bond acceptors (Lipinski definition) is 2. The van der Waals surface area contributed by atoms with E-state index in [0.29, 0.717) is 49.9 Å². The third-order valence-corrected chi connectivity index (χ3v) is 5.41. The average molecular weight is 276 g/mol. The van der Waals surface area contributed by atoms with Crippen LogP contribution in [0.4, 0.5) is 13.2 Å². The summed E-state index contributed by atoms with van der Waals surface area (Å²) in [5.41, 5.74) is 6.05. The zero-order chi connectivity index (χ0) is 13.6. The molecule has 2 aliphatic heterocycles. The highest BCUT2D eigenvalue weighted by Crippen LogP contribution is 2.43. The average Bonchev–Trinajstić information content (AvgIpc) is 2.61. The van der Waals surface area contributed by atoms with Gasteiger partial charge >= 0.3 is 6.18 Å². The van der Waals surface area contributed by atoms with Crippen molar-refractivity contribution in [2.24, 2.45) is 11.7 Å². The first-order chi connectivity index (χ1) is 8.95. The Morgan fingerprint density at radius 1 is 0.789 bits per heavy atom. The molecule has 3 fully saturated rings. The molecule has 5 heteroatoms. The van der Waals surface area contributed by atoms with Crippen LogP contribution in [-0.2, 0) is 0 Å². The second-order valence-electron chi connectivity index (χ2n) is 6.61. The Bertz CT molecular complexity index is 309. The molecule has 1 saturated carbocycles. The van der Waals surface area contributed by atoms with Gasteiger partial charge in [-0.05, 0) is 51.4 Å². The number of alkyl halides is 3. The lowest BCUT2D eigenvalue weighted by Gasteiger charge is -2.45. The molecular weight excluding hydrogens is 253 g/mol. The molecule has 2 saturated heterocycles. The fourth-order valence-electron chi connectivity index (χ4n) is 4.55. The zero-order valence-electron chi connectivity index (χ0n) is 11.2. The van der Waals surface area contributed by atoms with E-state index in [-0.39, 0.29) is 0 Å². The van der Waals surface area contributed by atoms with Crippen molar-refractivity contribution in [3.63, 3.8) is 0 Å². The Morgan fingerprint density at radius 2 is 1.26 bits per heavy atom. The number of hydrogen-bond donors (Lipinski definition) is 1. The van der Waals surface area contributed by atoms with E-state index in [1.807, 2.05) is 0 Å². The van der Waals surface area contributed by atoms with Crippen molar-refractivity contribution in [3.05, 3.63) is 0 Å². The first-order valence-electron chi connectivity index (χ1n) is 7.55. The van der Waals surface area contributed by atoms with Gasteiger partial charge in [0, 0.05) is 24.2 Å². The van der Waals surface area contributed by atoms with Crippen LogP contribution in [0.15, 0.2) is 0 Å². The summed E-state index contributed by atoms with van der Waals surface area (Å²) in [5.74, 6) is -1.06. The van der Waals surface area contributed by atoms with Gasteiger partial charge in [0.2, 0.25) is 0 Å². The van der Waals surface area contributed by atoms with Crippen LogP contribution in [0, 0.1) is 5.92 Å². The monoisotopic (exact) mass is 276 g/mol. The summed E-state index contributed by atoms with van der Waals surface area (Å²) in [7, 11) is 0. The maximum Gasteiger partial charge on any atom is 0.391 e. The van der Waals surface area contributed by atoms with Gasteiger partial charge in [-0.15, -0.1) is 0 Å². The SMILES string of the molecule is NC1CC2CCC(C1)N2C1CCC(C(F)(F)F)CC1. The number of fused-ring (bicyclic) bond motifs is 2. The van der Waals surface area contributed by atoms with Crippen LogP contribution in [0.2, 0.25) is 0 Å². The van der Waals surface area contributed by atoms with Gasteiger partial charge in [-0.2, -0.15) is 13.2 Å². The Labute approximate surface area is 112 Å². The fraction of sp³-hybridized carbons (Fsp3) is 1.00. The van der Waals surface area contributed by atoms with Crippen LogP contribution in [0.25, 0.3) is 0 Å². The molecule has 0 amide bonds. The maximum absolute atomic E-state index is 12.7. The summed E-state index contributed by atoms with van der Waals surface area (Å²) >= 11 is 0. The van der Waals surface area contributed by atoms with Crippen LogP contribution in [0.3, 0.4) is 0 Å². The quantitative estimate of drug-likeness (QED) is 0.797. The van der Waals surface area contributed by atoms with E-state index in [1.165, 1.54) is 12.8 Å². The number of nitrogens with zero attached hydrogens (tertiary/aromatic N) is 1. The molecular formula is C14H23F3N2. The van der Waals surface area contributed by atoms with E-state index in [1.54, 1.807) is 0 Å². The highest BCUT2D eigenvalue weighted by Gasteiger charge is 2.47. The summed E-state index contributed by atoms with van der Waals surface area (Å²) in [6.07, 6.45) is 2.53. The van der Waals surface area contributed by atoms with Crippen molar-refractivity contribution in [3.8, 4) is 0 Å². The summed E-state index contributed by atoms with van der Waals surface area (Å²) in [4.78, 5) is 2.54. The molecule has 2 heterocycles. The van der Waals surface area contributed by atoms with Gasteiger partial charge in [-0.25, -0.2) is 0 Å². The molecule has 0 radical (unpaired) electrons. The number of rotatable bonds is 1. The van der Waals surface area contributed by atoms with Gasteiger partial charge in [-0.1, -0.05) is 0 Å². The standard InChI is InChI=1S/C14H23F3N2/c15-14(16,17)9-1-3-11(4-2-9)19-12-5-6-13(19)8-10(18)7-12/h9-13H,1-8,18H2. The maximum atomic E-state index is 12.7. The number of piperidine rings is 1. The normalized spacial score (nSPS) is 44.5. The Kier molecular flexibility index (Phi) is 3.54. The van der Waals surface area contributed by atoms with E-state index in [0.717, 1.165) is 12.8 Å². The number of nitrogens with two attached hydrogens (primary N) is 1. The molecule has 110 valence electrons. The molecule has 19 heavy (non-hydrogen) atoms. The van der Waals surface area contributed by atoms with Crippen molar-refractivity contribution >= 4 is 0 Å². The molecule has 3 aliphatic rings. The molecule has 1 aliphatic carbocycles. The summed E-state index contributed by atoms with van der Waals surface area (Å²) < 4.78 is 38.1. The lowest BCUT2D eigenvalue weighted by atomic mass is 9.83.